The SMILES string of the molecule is COC(=O)c1ccc2nc(-c3ccc(Cl)cc3)c(CC3CCCCC3)n2c1. The zero-order valence-electron chi connectivity index (χ0n) is 15.5. The van der Waals surface area contributed by atoms with Gasteiger partial charge in [-0.2, -0.15) is 0 Å². The quantitative estimate of drug-likeness (QED) is 0.554. The number of halogens is 1. The van der Waals surface area contributed by atoms with Gasteiger partial charge in [-0.25, -0.2) is 9.78 Å². The predicted molar refractivity (Wildman–Crippen MR) is 107 cm³/mol. The Morgan fingerprint density at radius 2 is 1.89 bits per heavy atom. The molecule has 0 amide bonds. The number of carbonyl (C=O) groups excluding carboxylic acids is 1. The normalized spacial score (nSPS) is 15.2. The first-order chi connectivity index (χ1) is 13.2. The number of hydrogen-bond donors (Lipinski definition) is 0. The highest BCUT2D eigenvalue weighted by molar-refractivity contribution is 6.30. The third-order valence-electron chi connectivity index (χ3n) is 5.46. The van der Waals surface area contributed by atoms with E-state index in [1.54, 1.807) is 6.07 Å². The number of aromatic nitrogens is 2. The van der Waals surface area contributed by atoms with Crippen molar-refractivity contribution in [1.82, 2.24) is 9.38 Å². The van der Waals surface area contributed by atoms with Gasteiger partial charge >= 0.3 is 5.97 Å². The number of methoxy groups -OCH3 is 1. The number of hydrogen-bond acceptors (Lipinski definition) is 3. The van der Waals surface area contributed by atoms with E-state index < -0.39 is 0 Å². The molecule has 0 bridgehead atoms. The summed E-state index contributed by atoms with van der Waals surface area (Å²) in [6, 6.07) is 11.5. The lowest BCUT2D eigenvalue weighted by Crippen LogP contribution is -2.12. The molecule has 4 nitrogen and oxygen atoms in total. The molecule has 2 aromatic heterocycles. The van der Waals surface area contributed by atoms with Crippen molar-refractivity contribution in [3.05, 3.63) is 58.9 Å². The van der Waals surface area contributed by atoms with Crippen molar-refractivity contribution in [2.45, 2.75) is 38.5 Å². The Labute approximate surface area is 164 Å². The van der Waals surface area contributed by atoms with Crippen molar-refractivity contribution < 1.29 is 9.53 Å². The molecule has 5 heteroatoms. The standard InChI is InChI=1S/C22H23ClN2O2/c1-27-22(26)17-9-12-20-24-21(16-7-10-18(23)11-8-16)19(25(20)14-17)13-15-5-3-2-4-6-15/h7-12,14-15H,2-6,13H2,1H3. The minimum atomic E-state index is -0.331. The Hall–Kier alpha value is -2.33. The Kier molecular flexibility index (Phi) is 5.17. The van der Waals surface area contributed by atoms with Crippen LogP contribution in [0.15, 0.2) is 42.6 Å². The zero-order valence-corrected chi connectivity index (χ0v) is 16.2. The van der Waals surface area contributed by atoms with Gasteiger partial charge in [-0.05, 0) is 36.6 Å². The van der Waals surface area contributed by atoms with Crippen molar-refractivity contribution in [1.29, 1.82) is 0 Å². The number of imidazole rings is 1. The maximum Gasteiger partial charge on any atom is 0.339 e. The number of rotatable bonds is 4. The molecule has 4 rings (SSSR count). The average Bonchev–Trinajstić information content (AvgIpc) is 3.06. The summed E-state index contributed by atoms with van der Waals surface area (Å²) in [5.41, 5.74) is 4.56. The summed E-state index contributed by atoms with van der Waals surface area (Å²) in [4.78, 5) is 16.9. The van der Waals surface area contributed by atoms with E-state index in [2.05, 4.69) is 4.40 Å². The number of benzene rings is 1. The topological polar surface area (TPSA) is 43.6 Å². The van der Waals surface area contributed by atoms with Crippen molar-refractivity contribution >= 4 is 23.2 Å². The second kappa shape index (κ2) is 7.73. The van der Waals surface area contributed by atoms with Gasteiger partial charge in [0.05, 0.1) is 24.1 Å². The lowest BCUT2D eigenvalue weighted by atomic mass is 9.85. The molecule has 0 saturated heterocycles. The first-order valence-corrected chi connectivity index (χ1v) is 9.89. The van der Waals surface area contributed by atoms with Crippen LogP contribution in [0.4, 0.5) is 0 Å². The molecule has 3 aromatic rings. The van der Waals surface area contributed by atoms with Gasteiger partial charge in [0, 0.05) is 16.8 Å². The smallest absolute Gasteiger partial charge is 0.339 e. The summed E-state index contributed by atoms with van der Waals surface area (Å²) < 4.78 is 6.95. The summed E-state index contributed by atoms with van der Waals surface area (Å²) in [7, 11) is 1.41. The molecule has 0 atom stereocenters. The Balaban J connectivity index is 1.83. The molecule has 140 valence electrons. The van der Waals surface area contributed by atoms with Crippen LogP contribution in [0, 0.1) is 5.92 Å². The van der Waals surface area contributed by atoms with Crippen LogP contribution in [0.1, 0.15) is 48.2 Å². The lowest BCUT2D eigenvalue weighted by molar-refractivity contribution is 0.0600. The van der Waals surface area contributed by atoms with E-state index in [1.807, 2.05) is 36.5 Å². The van der Waals surface area contributed by atoms with E-state index in [0.29, 0.717) is 16.5 Å². The number of ether oxygens (including phenoxy) is 1. The first kappa shape index (κ1) is 18.1. The lowest BCUT2D eigenvalue weighted by Gasteiger charge is -2.22. The fourth-order valence-electron chi connectivity index (χ4n) is 4.03. The van der Waals surface area contributed by atoms with Crippen molar-refractivity contribution in [3.8, 4) is 11.3 Å². The first-order valence-electron chi connectivity index (χ1n) is 9.51. The Morgan fingerprint density at radius 1 is 1.15 bits per heavy atom. The monoisotopic (exact) mass is 382 g/mol. The van der Waals surface area contributed by atoms with Crippen LogP contribution in [-0.4, -0.2) is 22.5 Å². The van der Waals surface area contributed by atoms with Gasteiger partial charge in [0.2, 0.25) is 0 Å². The van der Waals surface area contributed by atoms with E-state index in [1.165, 1.54) is 39.2 Å². The molecular weight excluding hydrogens is 360 g/mol. The van der Waals surface area contributed by atoms with Crippen LogP contribution in [0.3, 0.4) is 0 Å². The van der Waals surface area contributed by atoms with Gasteiger partial charge in [-0.3, -0.25) is 0 Å². The van der Waals surface area contributed by atoms with E-state index in [4.69, 9.17) is 21.3 Å². The fraction of sp³-hybridized carbons (Fsp3) is 0.364. The van der Waals surface area contributed by atoms with E-state index >= 15 is 0 Å². The van der Waals surface area contributed by atoms with Gasteiger partial charge in [0.1, 0.15) is 5.65 Å². The second-order valence-electron chi connectivity index (χ2n) is 7.26. The number of esters is 1. The summed E-state index contributed by atoms with van der Waals surface area (Å²) in [5, 5.41) is 0.712. The Morgan fingerprint density at radius 3 is 2.59 bits per heavy atom. The van der Waals surface area contributed by atoms with Crippen molar-refractivity contribution in [2.75, 3.05) is 7.11 Å². The summed E-state index contributed by atoms with van der Waals surface area (Å²) in [6.07, 6.45) is 9.25. The fourth-order valence-corrected chi connectivity index (χ4v) is 4.16. The third-order valence-corrected chi connectivity index (χ3v) is 5.71. The van der Waals surface area contributed by atoms with Crippen LogP contribution in [0.25, 0.3) is 16.9 Å². The average molecular weight is 383 g/mol. The summed E-state index contributed by atoms with van der Waals surface area (Å²) >= 11 is 6.07. The van der Waals surface area contributed by atoms with Gasteiger partial charge < -0.3 is 9.14 Å². The largest absolute Gasteiger partial charge is 0.465 e. The van der Waals surface area contributed by atoms with E-state index in [-0.39, 0.29) is 5.97 Å². The van der Waals surface area contributed by atoms with Crippen LogP contribution in [-0.2, 0) is 11.2 Å². The van der Waals surface area contributed by atoms with Crippen LogP contribution >= 0.6 is 11.6 Å². The highest BCUT2D eigenvalue weighted by atomic mass is 35.5. The molecule has 0 radical (unpaired) electrons. The van der Waals surface area contributed by atoms with Crippen molar-refractivity contribution in [2.24, 2.45) is 5.92 Å². The maximum absolute atomic E-state index is 12.0. The molecule has 0 unspecified atom stereocenters. The van der Waals surface area contributed by atoms with Gasteiger partial charge in [0.25, 0.3) is 0 Å². The Bertz CT molecular complexity index is 956. The third kappa shape index (κ3) is 3.72. The molecule has 1 fully saturated rings. The zero-order chi connectivity index (χ0) is 18.8. The number of pyridine rings is 1. The van der Waals surface area contributed by atoms with Crippen LogP contribution < -0.4 is 0 Å². The molecule has 0 aliphatic heterocycles. The maximum atomic E-state index is 12.0. The second-order valence-corrected chi connectivity index (χ2v) is 7.70. The minimum Gasteiger partial charge on any atom is -0.465 e. The molecule has 2 heterocycles. The molecular formula is C22H23ClN2O2. The molecule has 1 aliphatic carbocycles. The summed E-state index contributed by atoms with van der Waals surface area (Å²) in [6.45, 7) is 0. The van der Waals surface area contributed by atoms with Crippen LogP contribution in [0.5, 0.6) is 0 Å². The highest BCUT2D eigenvalue weighted by Crippen LogP contribution is 2.32. The highest BCUT2D eigenvalue weighted by Gasteiger charge is 2.21. The molecule has 1 aliphatic rings. The van der Waals surface area contributed by atoms with Crippen molar-refractivity contribution in [3.63, 3.8) is 0 Å². The van der Waals surface area contributed by atoms with Gasteiger partial charge in [0.15, 0.2) is 0 Å². The molecule has 0 spiro atoms. The molecule has 27 heavy (non-hydrogen) atoms. The predicted octanol–water partition coefficient (Wildman–Crippen LogP) is 5.56. The number of carbonyl (C=O) groups is 1. The minimum absolute atomic E-state index is 0.331. The van der Waals surface area contributed by atoms with E-state index in [9.17, 15) is 4.79 Å². The molecule has 1 saturated carbocycles. The molecule has 0 N–H and O–H groups in total. The number of nitrogens with zero attached hydrogens (tertiary/aromatic N) is 2. The molecule has 1 aromatic carbocycles. The summed E-state index contributed by atoms with van der Waals surface area (Å²) in [5.74, 6) is 0.328. The van der Waals surface area contributed by atoms with Gasteiger partial charge in [-0.15, -0.1) is 0 Å². The van der Waals surface area contributed by atoms with E-state index in [0.717, 1.165) is 29.0 Å². The van der Waals surface area contributed by atoms with Gasteiger partial charge in [-0.1, -0.05) is 55.8 Å². The number of fused-ring (bicyclic) bond motifs is 1. The van der Waals surface area contributed by atoms with Crippen LogP contribution in [0.2, 0.25) is 5.02 Å².